The Labute approximate surface area is 174 Å². The Hall–Kier alpha value is -1.63. The van der Waals surface area contributed by atoms with Crippen molar-refractivity contribution in [3.8, 4) is 0 Å². The van der Waals surface area contributed by atoms with Crippen LogP contribution in [0.25, 0.3) is 11.0 Å². The van der Waals surface area contributed by atoms with E-state index in [0.717, 1.165) is 61.8 Å². The number of anilines is 1. The number of aliphatic hydroxyl groups excluding tert-OH is 2. The van der Waals surface area contributed by atoms with Crippen LogP contribution >= 0.6 is 0 Å². The van der Waals surface area contributed by atoms with E-state index in [1.165, 1.54) is 13.0 Å². The molecule has 2 aliphatic rings. The SMILES string of the molecule is CC(C)CCN1CCC2(CC1)CC(O)CN(c1nc3ccccc3n1CCO)C2. The number of nitrogens with zero attached hydrogens (tertiary/aromatic N) is 4. The second-order valence-electron chi connectivity index (χ2n) is 9.54. The van der Waals surface area contributed by atoms with Crippen LogP contribution in [0.2, 0.25) is 0 Å². The summed E-state index contributed by atoms with van der Waals surface area (Å²) >= 11 is 0. The second-order valence-corrected chi connectivity index (χ2v) is 9.54. The Kier molecular flexibility index (Phi) is 6.13. The van der Waals surface area contributed by atoms with Crippen molar-refractivity contribution in [1.82, 2.24) is 14.5 Å². The molecule has 1 aromatic heterocycles. The highest BCUT2D eigenvalue weighted by Crippen LogP contribution is 2.41. The summed E-state index contributed by atoms with van der Waals surface area (Å²) < 4.78 is 2.11. The molecule has 1 spiro atoms. The third kappa shape index (κ3) is 4.44. The number of β-amino-alcohol motifs (C(OH)–C–C–N with tert-alkyl or cyclic N) is 1. The van der Waals surface area contributed by atoms with Gasteiger partial charge in [0.25, 0.3) is 0 Å². The summed E-state index contributed by atoms with van der Waals surface area (Å²) in [5, 5.41) is 20.4. The Morgan fingerprint density at radius 3 is 2.66 bits per heavy atom. The second kappa shape index (κ2) is 8.62. The molecule has 1 atom stereocenters. The first-order chi connectivity index (χ1) is 14.0. The van der Waals surface area contributed by atoms with Gasteiger partial charge in [-0.2, -0.15) is 0 Å². The van der Waals surface area contributed by atoms with Gasteiger partial charge in [0.1, 0.15) is 0 Å². The van der Waals surface area contributed by atoms with Crippen molar-refractivity contribution < 1.29 is 10.2 Å². The molecule has 0 radical (unpaired) electrons. The summed E-state index contributed by atoms with van der Waals surface area (Å²) in [7, 11) is 0. The van der Waals surface area contributed by atoms with E-state index in [-0.39, 0.29) is 18.1 Å². The molecule has 6 heteroatoms. The van der Waals surface area contributed by atoms with Crippen molar-refractivity contribution in [2.75, 3.05) is 44.2 Å². The van der Waals surface area contributed by atoms with Gasteiger partial charge in [-0.25, -0.2) is 4.98 Å². The number of likely N-dealkylation sites (tertiary alicyclic amines) is 1. The summed E-state index contributed by atoms with van der Waals surface area (Å²) in [4.78, 5) is 9.75. The van der Waals surface area contributed by atoms with Crippen LogP contribution in [0.4, 0.5) is 5.95 Å². The Morgan fingerprint density at radius 2 is 1.93 bits per heavy atom. The third-order valence-electron chi connectivity index (χ3n) is 6.81. The molecule has 0 amide bonds. The number of hydrogen-bond acceptors (Lipinski definition) is 5. The number of rotatable bonds is 6. The van der Waals surface area contributed by atoms with E-state index in [0.29, 0.717) is 13.1 Å². The Balaban J connectivity index is 1.53. The third-order valence-corrected chi connectivity index (χ3v) is 6.81. The molecule has 6 nitrogen and oxygen atoms in total. The zero-order valence-corrected chi connectivity index (χ0v) is 17.9. The predicted octanol–water partition coefficient (Wildman–Crippen LogP) is 2.73. The fraction of sp³-hybridized carbons (Fsp3) is 0.696. The molecular formula is C23H36N4O2. The van der Waals surface area contributed by atoms with Gasteiger partial charge in [0.15, 0.2) is 0 Å². The molecule has 1 aromatic carbocycles. The van der Waals surface area contributed by atoms with Gasteiger partial charge < -0.3 is 24.6 Å². The van der Waals surface area contributed by atoms with Crippen molar-refractivity contribution in [3.63, 3.8) is 0 Å². The number of imidazole rings is 1. The van der Waals surface area contributed by atoms with Gasteiger partial charge >= 0.3 is 0 Å². The predicted molar refractivity (Wildman–Crippen MR) is 117 cm³/mol. The minimum absolute atomic E-state index is 0.0830. The standard InChI is InChI=1S/C23H36N4O2/c1-18(2)7-10-25-11-8-23(9-12-25)15-19(29)16-26(17-23)22-24-20-5-3-4-6-21(20)27(22)13-14-28/h3-6,18-19,28-29H,7-17H2,1-2H3. The molecule has 29 heavy (non-hydrogen) atoms. The Bertz CT molecular complexity index is 810. The fourth-order valence-corrected chi connectivity index (χ4v) is 5.18. The maximum absolute atomic E-state index is 10.8. The van der Waals surface area contributed by atoms with Gasteiger partial charge in [-0.15, -0.1) is 0 Å². The number of hydrogen-bond donors (Lipinski definition) is 2. The van der Waals surface area contributed by atoms with E-state index in [2.05, 4.69) is 34.3 Å². The normalized spacial score (nSPS) is 22.8. The summed E-state index contributed by atoms with van der Waals surface area (Å²) in [5.41, 5.74) is 2.16. The van der Waals surface area contributed by atoms with Crippen molar-refractivity contribution in [2.45, 2.75) is 52.2 Å². The zero-order chi connectivity index (χ0) is 20.4. The molecule has 2 aliphatic heterocycles. The molecule has 2 N–H and O–H groups in total. The van der Waals surface area contributed by atoms with E-state index in [4.69, 9.17) is 4.98 Å². The van der Waals surface area contributed by atoms with Crippen LogP contribution in [0.5, 0.6) is 0 Å². The van der Waals surface area contributed by atoms with Crippen LogP contribution in [-0.2, 0) is 6.54 Å². The minimum atomic E-state index is -0.326. The molecule has 160 valence electrons. The van der Waals surface area contributed by atoms with Gasteiger partial charge in [-0.05, 0) is 68.8 Å². The summed E-state index contributed by atoms with van der Waals surface area (Å²) in [6, 6.07) is 8.10. The number of piperidine rings is 2. The lowest BCUT2D eigenvalue weighted by molar-refractivity contribution is 0.0250. The van der Waals surface area contributed by atoms with Crippen LogP contribution in [0.3, 0.4) is 0 Å². The van der Waals surface area contributed by atoms with E-state index in [1.54, 1.807) is 0 Å². The smallest absolute Gasteiger partial charge is 0.206 e. The van der Waals surface area contributed by atoms with Crippen molar-refractivity contribution in [2.24, 2.45) is 11.3 Å². The first-order valence-electron chi connectivity index (χ1n) is 11.2. The molecular weight excluding hydrogens is 364 g/mol. The highest BCUT2D eigenvalue weighted by Gasteiger charge is 2.42. The first-order valence-corrected chi connectivity index (χ1v) is 11.2. The number of para-hydroxylation sites is 2. The monoisotopic (exact) mass is 400 g/mol. The van der Waals surface area contributed by atoms with E-state index in [1.807, 2.05) is 18.2 Å². The number of aromatic nitrogens is 2. The van der Waals surface area contributed by atoms with Crippen LogP contribution < -0.4 is 4.90 Å². The van der Waals surface area contributed by atoms with Crippen molar-refractivity contribution in [1.29, 1.82) is 0 Å². The number of fused-ring (bicyclic) bond motifs is 1. The summed E-state index contributed by atoms with van der Waals surface area (Å²) in [6.07, 6.45) is 4.10. The van der Waals surface area contributed by atoms with Gasteiger partial charge in [-0.3, -0.25) is 0 Å². The lowest BCUT2D eigenvalue weighted by Crippen LogP contribution is -2.54. The van der Waals surface area contributed by atoms with Gasteiger partial charge in [0, 0.05) is 19.6 Å². The first kappa shape index (κ1) is 20.6. The molecule has 0 saturated carbocycles. The molecule has 4 rings (SSSR count). The van der Waals surface area contributed by atoms with Crippen LogP contribution in [0, 0.1) is 11.3 Å². The van der Waals surface area contributed by atoms with Crippen molar-refractivity contribution in [3.05, 3.63) is 24.3 Å². The highest BCUT2D eigenvalue weighted by molar-refractivity contribution is 5.78. The average Bonchev–Trinajstić information content (AvgIpc) is 3.06. The van der Waals surface area contributed by atoms with E-state index < -0.39 is 0 Å². The minimum Gasteiger partial charge on any atom is -0.395 e. The summed E-state index contributed by atoms with van der Waals surface area (Å²) in [5.74, 6) is 1.64. The fourth-order valence-electron chi connectivity index (χ4n) is 5.18. The van der Waals surface area contributed by atoms with Crippen LogP contribution in [0.15, 0.2) is 24.3 Å². The number of aliphatic hydroxyl groups is 2. The maximum Gasteiger partial charge on any atom is 0.206 e. The molecule has 2 saturated heterocycles. The highest BCUT2D eigenvalue weighted by atomic mass is 16.3. The molecule has 0 bridgehead atoms. The van der Waals surface area contributed by atoms with Gasteiger partial charge in [-0.1, -0.05) is 26.0 Å². The van der Waals surface area contributed by atoms with Crippen molar-refractivity contribution >= 4 is 17.0 Å². The van der Waals surface area contributed by atoms with Gasteiger partial charge in [0.2, 0.25) is 5.95 Å². The molecule has 0 aliphatic carbocycles. The molecule has 2 fully saturated rings. The zero-order valence-electron chi connectivity index (χ0n) is 17.9. The van der Waals surface area contributed by atoms with Gasteiger partial charge in [0.05, 0.1) is 23.7 Å². The lowest BCUT2D eigenvalue weighted by atomic mass is 9.71. The quantitative estimate of drug-likeness (QED) is 0.781. The average molecular weight is 401 g/mol. The molecule has 2 aromatic rings. The van der Waals surface area contributed by atoms with E-state index >= 15 is 0 Å². The van der Waals surface area contributed by atoms with Crippen LogP contribution in [0.1, 0.15) is 39.5 Å². The lowest BCUT2D eigenvalue weighted by Gasteiger charge is -2.49. The van der Waals surface area contributed by atoms with Crippen LogP contribution in [-0.4, -0.2) is 70.1 Å². The maximum atomic E-state index is 10.8. The summed E-state index contributed by atoms with van der Waals surface area (Å²) in [6.45, 7) is 10.2. The van der Waals surface area contributed by atoms with E-state index in [9.17, 15) is 10.2 Å². The topological polar surface area (TPSA) is 64.8 Å². The number of benzene rings is 1. The largest absolute Gasteiger partial charge is 0.395 e. The molecule has 3 heterocycles. The molecule has 1 unspecified atom stereocenters. The Morgan fingerprint density at radius 1 is 1.17 bits per heavy atom.